The van der Waals surface area contributed by atoms with Gasteiger partial charge in [-0.3, -0.25) is 0 Å². The van der Waals surface area contributed by atoms with Crippen LogP contribution in [0, 0.1) is 0 Å². The fourth-order valence-corrected chi connectivity index (χ4v) is 3.64. The van der Waals surface area contributed by atoms with Crippen molar-refractivity contribution in [1.82, 2.24) is 4.57 Å². The molecule has 1 aliphatic heterocycles. The third-order valence-corrected chi connectivity index (χ3v) is 5.15. The molecule has 9 heteroatoms. The van der Waals surface area contributed by atoms with Gasteiger partial charge in [-0.05, 0) is 18.6 Å². The van der Waals surface area contributed by atoms with E-state index in [2.05, 4.69) is 12.6 Å². The molecule has 0 saturated carbocycles. The lowest BCUT2D eigenvalue weighted by atomic mass is 9.98. The number of rotatable bonds is 5. The van der Waals surface area contributed by atoms with Gasteiger partial charge in [0.25, 0.3) is 0 Å². The Morgan fingerprint density at radius 2 is 1.86 bits per heavy atom. The predicted molar refractivity (Wildman–Crippen MR) is 102 cm³/mol. The van der Waals surface area contributed by atoms with Crippen LogP contribution in [0.5, 0.6) is 0 Å². The standard InChI is InChI=1S/C19H23NO7S/c1-2-26-19(25)11-8-12(10-6-4-3-5-7-10)20(18(11)28)17-16(24)15(23)14(22)13(9-21)27-17/h3-8,13-17,21-24,28H,2,9H2,1H3/t13-,14-,15+,16-,17-/m1/s1. The summed E-state index contributed by atoms with van der Waals surface area (Å²) in [7, 11) is 0. The first-order valence-electron chi connectivity index (χ1n) is 8.87. The Labute approximate surface area is 167 Å². The molecule has 0 aliphatic carbocycles. The summed E-state index contributed by atoms with van der Waals surface area (Å²) in [4.78, 5) is 12.3. The van der Waals surface area contributed by atoms with E-state index in [-0.39, 0.29) is 17.2 Å². The summed E-state index contributed by atoms with van der Waals surface area (Å²) >= 11 is 4.44. The molecule has 0 bridgehead atoms. The second-order valence-electron chi connectivity index (χ2n) is 6.44. The zero-order valence-electron chi connectivity index (χ0n) is 15.2. The summed E-state index contributed by atoms with van der Waals surface area (Å²) < 4.78 is 12.2. The molecule has 0 radical (unpaired) electrons. The minimum Gasteiger partial charge on any atom is -0.462 e. The molecule has 1 saturated heterocycles. The van der Waals surface area contributed by atoms with Gasteiger partial charge in [0.15, 0.2) is 6.23 Å². The van der Waals surface area contributed by atoms with Crippen molar-refractivity contribution in [3.63, 3.8) is 0 Å². The molecule has 3 rings (SSSR count). The number of benzene rings is 1. The molecule has 1 aromatic carbocycles. The van der Waals surface area contributed by atoms with E-state index >= 15 is 0 Å². The molecule has 2 heterocycles. The van der Waals surface area contributed by atoms with Crippen LogP contribution in [-0.2, 0) is 9.47 Å². The van der Waals surface area contributed by atoms with Crippen molar-refractivity contribution in [3.8, 4) is 11.3 Å². The second kappa shape index (κ2) is 8.64. The third-order valence-electron chi connectivity index (χ3n) is 4.70. The normalized spacial score (nSPS) is 27.6. The first-order chi connectivity index (χ1) is 13.4. The van der Waals surface area contributed by atoms with Crippen LogP contribution in [-0.4, -0.2) is 68.6 Å². The van der Waals surface area contributed by atoms with Crippen LogP contribution in [0.2, 0.25) is 0 Å². The Balaban J connectivity index is 2.14. The number of aliphatic hydroxyl groups is 4. The predicted octanol–water partition coefficient (Wildman–Crippen LogP) is 0.593. The Morgan fingerprint density at radius 3 is 2.46 bits per heavy atom. The number of thiol groups is 1. The Morgan fingerprint density at radius 1 is 1.18 bits per heavy atom. The zero-order valence-corrected chi connectivity index (χ0v) is 16.1. The highest BCUT2D eigenvalue weighted by molar-refractivity contribution is 7.80. The van der Waals surface area contributed by atoms with E-state index in [0.717, 1.165) is 0 Å². The lowest BCUT2D eigenvalue weighted by Gasteiger charge is -2.41. The highest BCUT2D eigenvalue weighted by atomic mass is 32.1. The van der Waals surface area contributed by atoms with Gasteiger partial charge in [0.1, 0.15) is 24.4 Å². The quantitative estimate of drug-likeness (QED) is 0.362. The summed E-state index contributed by atoms with van der Waals surface area (Å²) in [5.41, 5.74) is 1.38. The van der Waals surface area contributed by atoms with E-state index in [1.54, 1.807) is 25.1 Å². The summed E-state index contributed by atoms with van der Waals surface area (Å²) in [6.07, 6.45) is -6.84. The molecule has 0 amide bonds. The van der Waals surface area contributed by atoms with Gasteiger partial charge in [0.2, 0.25) is 0 Å². The summed E-state index contributed by atoms with van der Waals surface area (Å²) in [6, 6.07) is 10.6. The maximum atomic E-state index is 12.3. The smallest absolute Gasteiger partial charge is 0.340 e. The summed E-state index contributed by atoms with van der Waals surface area (Å²) in [5.74, 6) is -0.590. The van der Waals surface area contributed by atoms with Gasteiger partial charge in [0.05, 0.1) is 29.5 Å². The van der Waals surface area contributed by atoms with Crippen LogP contribution in [0.3, 0.4) is 0 Å². The van der Waals surface area contributed by atoms with Crippen molar-refractivity contribution in [2.75, 3.05) is 13.2 Å². The maximum absolute atomic E-state index is 12.3. The SMILES string of the molecule is CCOC(=O)c1cc(-c2ccccc2)n([C@@H]2O[C@H](CO)[C@@H](O)[C@H](O)[C@H]2O)c1S. The second-order valence-corrected chi connectivity index (χ2v) is 6.87. The maximum Gasteiger partial charge on any atom is 0.340 e. The number of carbonyl (C=O) groups is 1. The van der Waals surface area contributed by atoms with Gasteiger partial charge in [-0.15, -0.1) is 12.6 Å². The number of nitrogens with zero attached hydrogens (tertiary/aromatic N) is 1. The number of aromatic nitrogens is 1. The first kappa shape index (κ1) is 20.8. The Bertz CT molecular complexity index is 823. The Hall–Kier alpha value is -1.88. The molecule has 1 aliphatic rings. The molecule has 0 unspecified atom stereocenters. The Kier molecular flexibility index (Phi) is 6.43. The van der Waals surface area contributed by atoms with E-state index < -0.39 is 43.2 Å². The third kappa shape index (κ3) is 3.69. The molecular weight excluding hydrogens is 386 g/mol. The molecule has 4 N–H and O–H groups in total. The molecule has 1 fully saturated rings. The molecule has 8 nitrogen and oxygen atoms in total. The van der Waals surface area contributed by atoms with Crippen LogP contribution < -0.4 is 0 Å². The molecular formula is C19H23NO7S. The molecule has 5 atom stereocenters. The minimum atomic E-state index is -1.55. The minimum absolute atomic E-state index is 0.168. The topological polar surface area (TPSA) is 121 Å². The van der Waals surface area contributed by atoms with Gasteiger partial charge < -0.3 is 34.5 Å². The molecule has 0 spiro atoms. The summed E-state index contributed by atoms with van der Waals surface area (Å²) in [5, 5.41) is 40.4. The number of hydrogen-bond acceptors (Lipinski definition) is 8. The fourth-order valence-electron chi connectivity index (χ4n) is 3.26. The number of aliphatic hydroxyl groups excluding tert-OH is 4. The number of ether oxygens (including phenoxy) is 2. The lowest BCUT2D eigenvalue weighted by molar-refractivity contribution is -0.252. The van der Waals surface area contributed by atoms with Crippen molar-refractivity contribution in [2.24, 2.45) is 0 Å². The van der Waals surface area contributed by atoms with Gasteiger partial charge in [-0.25, -0.2) is 4.79 Å². The number of carbonyl (C=O) groups excluding carboxylic acids is 1. The van der Waals surface area contributed by atoms with Crippen molar-refractivity contribution in [3.05, 3.63) is 42.0 Å². The van der Waals surface area contributed by atoms with Gasteiger partial charge in [-0.1, -0.05) is 30.3 Å². The largest absolute Gasteiger partial charge is 0.462 e. The van der Waals surface area contributed by atoms with E-state index in [4.69, 9.17) is 9.47 Å². The van der Waals surface area contributed by atoms with Gasteiger partial charge in [-0.2, -0.15) is 0 Å². The molecule has 1 aromatic heterocycles. The highest BCUT2D eigenvalue weighted by Gasteiger charge is 2.45. The highest BCUT2D eigenvalue weighted by Crippen LogP contribution is 2.37. The zero-order chi connectivity index (χ0) is 20.4. The molecule has 28 heavy (non-hydrogen) atoms. The van der Waals surface area contributed by atoms with E-state index in [0.29, 0.717) is 11.3 Å². The van der Waals surface area contributed by atoms with Crippen molar-refractivity contribution >= 4 is 18.6 Å². The van der Waals surface area contributed by atoms with E-state index in [1.807, 2.05) is 18.2 Å². The van der Waals surface area contributed by atoms with Crippen LogP contribution in [0.15, 0.2) is 41.4 Å². The van der Waals surface area contributed by atoms with Crippen molar-refractivity contribution in [1.29, 1.82) is 0 Å². The first-order valence-corrected chi connectivity index (χ1v) is 9.32. The van der Waals surface area contributed by atoms with E-state index in [9.17, 15) is 25.2 Å². The van der Waals surface area contributed by atoms with Crippen LogP contribution in [0.25, 0.3) is 11.3 Å². The van der Waals surface area contributed by atoms with Crippen molar-refractivity contribution in [2.45, 2.75) is 42.6 Å². The van der Waals surface area contributed by atoms with Crippen LogP contribution >= 0.6 is 12.6 Å². The lowest BCUT2D eigenvalue weighted by Crippen LogP contribution is -2.56. The molecule has 2 aromatic rings. The average Bonchev–Trinajstić information content (AvgIpc) is 3.04. The van der Waals surface area contributed by atoms with Crippen LogP contribution in [0.4, 0.5) is 0 Å². The fraction of sp³-hybridized carbons (Fsp3) is 0.421. The van der Waals surface area contributed by atoms with Crippen molar-refractivity contribution < 1.29 is 34.7 Å². The van der Waals surface area contributed by atoms with Gasteiger partial charge in [0, 0.05) is 0 Å². The average molecular weight is 409 g/mol. The van der Waals surface area contributed by atoms with E-state index in [1.165, 1.54) is 4.57 Å². The monoisotopic (exact) mass is 409 g/mol. The number of esters is 1. The van der Waals surface area contributed by atoms with Crippen LogP contribution in [0.1, 0.15) is 23.5 Å². The molecule has 152 valence electrons. The van der Waals surface area contributed by atoms with Gasteiger partial charge >= 0.3 is 5.97 Å². The number of hydrogen-bond donors (Lipinski definition) is 5. The summed E-state index contributed by atoms with van der Waals surface area (Å²) in [6.45, 7) is 1.30.